The lowest BCUT2D eigenvalue weighted by Crippen LogP contribution is -2.13. The second-order valence-corrected chi connectivity index (χ2v) is 3.10. The first-order valence-corrected chi connectivity index (χ1v) is 4.69. The van der Waals surface area contributed by atoms with Crippen LogP contribution >= 0.6 is 0 Å². The minimum absolute atomic E-state index is 0.0987. The number of hydrogen-bond donors (Lipinski definition) is 0. The second-order valence-electron chi connectivity index (χ2n) is 3.10. The lowest BCUT2D eigenvalue weighted by Gasteiger charge is -2.07. The van der Waals surface area contributed by atoms with E-state index in [0.717, 1.165) is 6.42 Å². The van der Waals surface area contributed by atoms with Crippen LogP contribution in [0.3, 0.4) is 0 Å². The lowest BCUT2D eigenvalue weighted by atomic mass is 10.1. The van der Waals surface area contributed by atoms with E-state index in [1.807, 2.05) is 0 Å². The molecule has 0 atom stereocenters. The van der Waals surface area contributed by atoms with Crippen LogP contribution in [0.4, 0.5) is 0 Å². The molecule has 0 spiro atoms. The molecule has 0 aromatic rings. The molecule has 0 aromatic carbocycles. The standard InChI is InChI=1S/C10H14O5/c1-13-9(11)6-7(10(12)14-2)8-4-3-5-15-8/h3-6H2,1-2H3/b8-7+. The number of methoxy groups -OCH3 is 2. The third kappa shape index (κ3) is 2.97. The number of carbonyl (C=O) groups excluding carboxylic acids is 2. The molecule has 0 amide bonds. The van der Waals surface area contributed by atoms with Gasteiger partial charge in [-0.3, -0.25) is 4.79 Å². The van der Waals surface area contributed by atoms with Crippen LogP contribution in [0.15, 0.2) is 11.3 Å². The van der Waals surface area contributed by atoms with E-state index in [2.05, 4.69) is 9.47 Å². The van der Waals surface area contributed by atoms with Crippen molar-refractivity contribution < 1.29 is 23.8 Å². The molecule has 0 saturated carbocycles. The van der Waals surface area contributed by atoms with Crippen LogP contribution in [-0.4, -0.2) is 32.8 Å². The predicted octanol–water partition coefficient (Wildman–Crippen LogP) is 0.787. The van der Waals surface area contributed by atoms with E-state index in [-0.39, 0.29) is 12.0 Å². The van der Waals surface area contributed by atoms with Gasteiger partial charge in [0.2, 0.25) is 0 Å². The number of rotatable bonds is 3. The second kappa shape index (κ2) is 5.38. The topological polar surface area (TPSA) is 61.8 Å². The molecule has 0 unspecified atom stereocenters. The van der Waals surface area contributed by atoms with Crippen molar-refractivity contribution in [2.24, 2.45) is 0 Å². The zero-order valence-electron chi connectivity index (χ0n) is 8.87. The first-order chi connectivity index (χ1) is 7.19. The maximum Gasteiger partial charge on any atom is 0.337 e. The van der Waals surface area contributed by atoms with E-state index in [1.165, 1.54) is 14.2 Å². The minimum atomic E-state index is -0.530. The van der Waals surface area contributed by atoms with Gasteiger partial charge in [-0.1, -0.05) is 0 Å². The Hall–Kier alpha value is -1.52. The summed E-state index contributed by atoms with van der Waals surface area (Å²) < 4.78 is 14.3. The average molecular weight is 214 g/mol. The normalized spacial score (nSPS) is 18.0. The number of carbonyl (C=O) groups is 2. The summed E-state index contributed by atoms with van der Waals surface area (Å²) in [6, 6.07) is 0. The quantitative estimate of drug-likeness (QED) is 0.513. The Bertz CT molecular complexity index is 284. The predicted molar refractivity (Wildman–Crippen MR) is 50.9 cm³/mol. The highest BCUT2D eigenvalue weighted by Gasteiger charge is 2.23. The Balaban J connectivity index is 2.82. The van der Waals surface area contributed by atoms with Crippen molar-refractivity contribution in [3.8, 4) is 0 Å². The van der Waals surface area contributed by atoms with Crippen LogP contribution in [0.1, 0.15) is 19.3 Å². The molecular formula is C10H14O5. The number of hydrogen-bond acceptors (Lipinski definition) is 5. The zero-order chi connectivity index (χ0) is 11.3. The summed E-state index contributed by atoms with van der Waals surface area (Å²) in [5.74, 6) is -0.456. The molecule has 1 heterocycles. The van der Waals surface area contributed by atoms with Crippen molar-refractivity contribution in [3.63, 3.8) is 0 Å². The molecule has 0 bridgehead atoms. The van der Waals surface area contributed by atoms with Gasteiger partial charge in [0.15, 0.2) is 0 Å². The molecule has 1 fully saturated rings. The van der Waals surface area contributed by atoms with E-state index >= 15 is 0 Å². The number of allylic oxidation sites excluding steroid dienone is 1. The summed E-state index contributed by atoms with van der Waals surface area (Å²) in [5, 5.41) is 0. The van der Waals surface area contributed by atoms with Gasteiger partial charge in [0, 0.05) is 6.42 Å². The van der Waals surface area contributed by atoms with Gasteiger partial charge in [-0.2, -0.15) is 0 Å². The van der Waals surface area contributed by atoms with Crippen molar-refractivity contribution >= 4 is 11.9 Å². The zero-order valence-corrected chi connectivity index (χ0v) is 8.87. The van der Waals surface area contributed by atoms with Gasteiger partial charge in [0.25, 0.3) is 0 Å². The molecule has 1 saturated heterocycles. The molecule has 5 heteroatoms. The average Bonchev–Trinajstić information content (AvgIpc) is 2.77. The summed E-state index contributed by atoms with van der Waals surface area (Å²) in [6.07, 6.45) is 1.43. The largest absolute Gasteiger partial charge is 0.497 e. The van der Waals surface area contributed by atoms with E-state index in [9.17, 15) is 9.59 Å². The summed E-state index contributed by atoms with van der Waals surface area (Å²) >= 11 is 0. The van der Waals surface area contributed by atoms with Crippen molar-refractivity contribution in [1.29, 1.82) is 0 Å². The van der Waals surface area contributed by atoms with Crippen LogP contribution in [0.5, 0.6) is 0 Å². The van der Waals surface area contributed by atoms with Gasteiger partial charge < -0.3 is 14.2 Å². The minimum Gasteiger partial charge on any atom is -0.497 e. The van der Waals surface area contributed by atoms with Crippen LogP contribution in [0.2, 0.25) is 0 Å². The fourth-order valence-corrected chi connectivity index (χ4v) is 1.36. The molecule has 0 N–H and O–H groups in total. The maximum atomic E-state index is 11.4. The summed E-state index contributed by atoms with van der Waals surface area (Å²) in [4.78, 5) is 22.5. The van der Waals surface area contributed by atoms with Crippen molar-refractivity contribution in [2.75, 3.05) is 20.8 Å². The van der Waals surface area contributed by atoms with Gasteiger partial charge in [0.05, 0.1) is 32.8 Å². The van der Waals surface area contributed by atoms with Crippen LogP contribution in [-0.2, 0) is 23.8 Å². The fraction of sp³-hybridized carbons (Fsp3) is 0.600. The smallest absolute Gasteiger partial charge is 0.337 e. The van der Waals surface area contributed by atoms with E-state index < -0.39 is 11.9 Å². The molecule has 5 nitrogen and oxygen atoms in total. The summed E-state index contributed by atoms with van der Waals surface area (Å²) in [7, 11) is 2.55. The van der Waals surface area contributed by atoms with Crippen LogP contribution in [0, 0.1) is 0 Å². The van der Waals surface area contributed by atoms with Crippen molar-refractivity contribution in [2.45, 2.75) is 19.3 Å². The maximum absolute atomic E-state index is 11.4. The molecule has 15 heavy (non-hydrogen) atoms. The van der Waals surface area contributed by atoms with Gasteiger partial charge in [-0.25, -0.2) is 4.79 Å². The Labute approximate surface area is 88.0 Å². The SMILES string of the molecule is COC(=O)C/C(C(=O)OC)=C1/CCCO1. The first-order valence-electron chi connectivity index (χ1n) is 4.69. The van der Waals surface area contributed by atoms with Crippen LogP contribution in [0.25, 0.3) is 0 Å². The van der Waals surface area contributed by atoms with E-state index in [0.29, 0.717) is 18.8 Å². The Morgan fingerprint density at radius 2 is 2.07 bits per heavy atom. The summed E-state index contributed by atoms with van der Waals surface area (Å²) in [6.45, 7) is 0.580. The van der Waals surface area contributed by atoms with Crippen molar-refractivity contribution in [1.82, 2.24) is 0 Å². The molecule has 1 aliphatic rings. The van der Waals surface area contributed by atoms with Gasteiger partial charge in [0.1, 0.15) is 5.76 Å². The highest BCUT2D eigenvalue weighted by molar-refractivity contribution is 5.94. The molecular weight excluding hydrogens is 200 g/mol. The van der Waals surface area contributed by atoms with Crippen molar-refractivity contribution in [3.05, 3.63) is 11.3 Å². The molecule has 0 radical (unpaired) electrons. The van der Waals surface area contributed by atoms with E-state index in [4.69, 9.17) is 4.74 Å². The Morgan fingerprint density at radius 1 is 1.33 bits per heavy atom. The number of esters is 2. The lowest BCUT2D eigenvalue weighted by molar-refractivity contribution is -0.143. The van der Waals surface area contributed by atoms with Gasteiger partial charge in [-0.05, 0) is 6.42 Å². The summed E-state index contributed by atoms with van der Waals surface area (Å²) in [5.41, 5.74) is 0.266. The first kappa shape index (κ1) is 11.6. The highest BCUT2D eigenvalue weighted by Crippen LogP contribution is 2.23. The highest BCUT2D eigenvalue weighted by atomic mass is 16.5. The number of ether oxygens (including phenoxy) is 3. The molecule has 0 aliphatic carbocycles. The van der Waals surface area contributed by atoms with E-state index in [1.54, 1.807) is 0 Å². The monoisotopic (exact) mass is 214 g/mol. The molecule has 84 valence electrons. The van der Waals surface area contributed by atoms with Gasteiger partial charge in [-0.15, -0.1) is 0 Å². The Kier molecular flexibility index (Phi) is 4.15. The van der Waals surface area contributed by atoms with Crippen LogP contribution < -0.4 is 0 Å². The molecule has 1 rings (SSSR count). The van der Waals surface area contributed by atoms with Gasteiger partial charge >= 0.3 is 11.9 Å². The third-order valence-electron chi connectivity index (χ3n) is 2.14. The fourth-order valence-electron chi connectivity index (χ4n) is 1.36. The molecule has 1 aliphatic heterocycles. The molecule has 0 aromatic heterocycles. The third-order valence-corrected chi connectivity index (χ3v) is 2.14. The Morgan fingerprint density at radius 3 is 2.53 bits per heavy atom.